The van der Waals surface area contributed by atoms with Gasteiger partial charge in [0.05, 0.1) is 30.3 Å². The highest BCUT2D eigenvalue weighted by atomic mass is 16.7. The van der Waals surface area contributed by atoms with Crippen molar-refractivity contribution in [3.63, 3.8) is 0 Å². The fraction of sp³-hybridized carbons (Fsp3) is 0.561. The third kappa shape index (κ3) is 3.59. The number of aliphatic hydroxyl groups is 2. The highest BCUT2D eigenvalue weighted by Crippen LogP contribution is 2.58. The number of rotatable bonds is 2. The predicted molar refractivity (Wildman–Crippen MR) is 188 cm³/mol. The van der Waals surface area contributed by atoms with Crippen LogP contribution in [0, 0.1) is 29.6 Å². The fourth-order valence-electron chi connectivity index (χ4n) is 12.7. The lowest BCUT2D eigenvalue weighted by molar-refractivity contribution is -0.280. The van der Waals surface area contributed by atoms with Crippen LogP contribution in [0.1, 0.15) is 66.9 Å². The maximum atomic E-state index is 10.6. The zero-order valence-electron chi connectivity index (χ0n) is 29.3. The van der Waals surface area contributed by atoms with E-state index in [0.29, 0.717) is 23.9 Å². The number of likely N-dealkylation sites (N-methyl/N-ethyl adjacent to an activating group) is 1. The van der Waals surface area contributed by atoms with Gasteiger partial charge in [0.25, 0.3) is 0 Å². The quantitative estimate of drug-likeness (QED) is 0.301. The molecule has 0 amide bonds. The van der Waals surface area contributed by atoms with E-state index in [1.807, 2.05) is 6.92 Å². The second-order valence-corrected chi connectivity index (χ2v) is 16.8. The van der Waals surface area contributed by atoms with Gasteiger partial charge in [-0.15, -0.1) is 0 Å². The third-order valence-electron chi connectivity index (χ3n) is 15.0. The molecule has 8 heteroatoms. The first-order valence-electron chi connectivity index (χ1n) is 18.7. The number of hydrogen-bond donors (Lipinski definition) is 2. The van der Waals surface area contributed by atoms with Crippen molar-refractivity contribution in [1.29, 1.82) is 0 Å². The molecular formula is C41H48N4O4. The van der Waals surface area contributed by atoms with Crippen LogP contribution in [0.3, 0.4) is 0 Å². The summed E-state index contributed by atoms with van der Waals surface area (Å²) in [7, 11) is 6.83. The van der Waals surface area contributed by atoms with Gasteiger partial charge in [0.1, 0.15) is 5.75 Å². The summed E-state index contributed by atoms with van der Waals surface area (Å²) in [6, 6.07) is 15.1. The molecule has 8 nitrogen and oxygen atoms in total. The van der Waals surface area contributed by atoms with Crippen LogP contribution in [0.25, 0.3) is 21.8 Å². The van der Waals surface area contributed by atoms with Crippen molar-refractivity contribution in [3.8, 4) is 5.75 Å². The molecule has 0 aliphatic carbocycles. The van der Waals surface area contributed by atoms with Crippen LogP contribution < -0.4 is 4.74 Å². The summed E-state index contributed by atoms with van der Waals surface area (Å²) < 4.78 is 18.8. The lowest BCUT2D eigenvalue weighted by Gasteiger charge is -2.59. The van der Waals surface area contributed by atoms with Crippen molar-refractivity contribution >= 4 is 21.8 Å². The van der Waals surface area contributed by atoms with Gasteiger partial charge >= 0.3 is 0 Å². The average Bonchev–Trinajstić information content (AvgIpc) is 3.52. The van der Waals surface area contributed by atoms with E-state index in [1.165, 1.54) is 44.3 Å². The Morgan fingerprint density at radius 1 is 0.898 bits per heavy atom. The second-order valence-electron chi connectivity index (χ2n) is 16.8. The summed E-state index contributed by atoms with van der Waals surface area (Å²) >= 11 is 0. The summed E-state index contributed by atoms with van der Waals surface area (Å²) in [5.41, 5.74) is 10.9. The van der Waals surface area contributed by atoms with E-state index in [0.717, 1.165) is 50.0 Å². The number of aryl methyl sites for hydroxylation is 2. The van der Waals surface area contributed by atoms with Crippen molar-refractivity contribution in [2.75, 3.05) is 20.3 Å². The zero-order valence-corrected chi connectivity index (χ0v) is 29.3. The van der Waals surface area contributed by atoms with E-state index in [9.17, 15) is 10.2 Å². The molecule has 256 valence electrons. The van der Waals surface area contributed by atoms with Crippen molar-refractivity contribution in [1.82, 2.24) is 18.9 Å². The van der Waals surface area contributed by atoms with Gasteiger partial charge in [0, 0.05) is 97.4 Å². The van der Waals surface area contributed by atoms with Gasteiger partial charge in [-0.3, -0.25) is 4.90 Å². The van der Waals surface area contributed by atoms with Gasteiger partial charge in [0.15, 0.2) is 0 Å². The van der Waals surface area contributed by atoms with Gasteiger partial charge in [-0.25, -0.2) is 0 Å². The van der Waals surface area contributed by atoms with Crippen molar-refractivity contribution < 1.29 is 19.7 Å². The Hall–Kier alpha value is -3.30. The van der Waals surface area contributed by atoms with Gasteiger partial charge < -0.3 is 33.7 Å². The predicted octanol–water partition coefficient (Wildman–Crippen LogP) is 5.38. The maximum Gasteiger partial charge on any atom is 0.211 e. The first kappa shape index (κ1) is 29.4. The van der Waals surface area contributed by atoms with Crippen LogP contribution >= 0.6 is 0 Å². The number of fused-ring (bicyclic) bond motifs is 14. The van der Waals surface area contributed by atoms with E-state index in [1.54, 1.807) is 5.56 Å². The Morgan fingerprint density at radius 3 is 2.47 bits per heavy atom. The largest absolute Gasteiger partial charge is 0.462 e. The third-order valence-corrected chi connectivity index (χ3v) is 15.0. The maximum absolute atomic E-state index is 10.6. The van der Waals surface area contributed by atoms with Crippen LogP contribution in [0.2, 0.25) is 0 Å². The number of ether oxygens (including phenoxy) is 2. The average molecular weight is 661 g/mol. The Kier molecular flexibility index (Phi) is 5.84. The number of piperidine rings is 2. The first-order chi connectivity index (χ1) is 23.7. The minimum Gasteiger partial charge on any atom is -0.462 e. The Balaban J connectivity index is 0.982. The molecule has 0 spiro atoms. The zero-order chi connectivity index (χ0) is 33.2. The highest BCUT2D eigenvalue weighted by molar-refractivity contribution is 5.89. The molecule has 6 bridgehead atoms. The highest BCUT2D eigenvalue weighted by Gasteiger charge is 2.59. The smallest absolute Gasteiger partial charge is 0.211 e. The molecular weight excluding hydrogens is 612 g/mol. The summed E-state index contributed by atoms with van der Waals surface area (Å²) in [6.07, 6.45) is 6.79. The Labute approximate surface area is 287 Å². The molecule has 2 aromatic carbocycles. The van der Waals surface area contributed by atoms with Crippen LogP contribution in [-0.2, 0) is 38.1 Å². The van der Waals surface area contributed by atoms with E-state index in [2.05, 4.69) is 89.6 Å². The topological polar surface area (TPSA) is 75.3 Å². The molecule has 3 fully saturated rings. The van der Waals surface area contributed by atoms with Crippen molar-refractivity contribution in [2.24, 2.45) is 43.7 Å². The number of aromatic nitrogens is 2. The number of aliphatic hydroxyl groups excluding tert-OH is 2. The van der Waals surface area contributed by atoms with E-state index in [4.69, 9.17) is 9.47 Å². The molecule has 2 aromatic heterocycles. The molecule has 4 aromatic rings. The standard InChI is InChI=1S/C41H48N4O4/c1-20(47)28-17-45-35-15-27-25-10-21-11-31-24-13-36-39-26(22-8-6-7-9-32(22)43(39)4)14-33(42(36)3)30(24)19-48-41(31,2)49-38(21)16-34(25)44(5)40(27)37(45)12-23(28)29(35)18-46/h6-10,16-17,20,23-24,29-31,33,35-37,46-47H,11-15,18-19H2,1-5H3/t20-,23+,24+,29+,30+,31-,33-,35-,36-,37-,41-/m0/s1. The monoisotopic (exact) mass is 660 g/mol. The van der Waals surface area contributed by atoms with Crippen LogP contribution in [0.15, 0.2) is 48.2 Å². The summed E-state index contributed by atoms with van der Waals surface area (Å²) in [6.45, 7) is 4.98. The summed E-state index contributed by atoms with van der Waals surface area (Å²) in [5.74, 6) is 1.99. The van der Waals surface area contributed by atoms with Gasteiger partial charge in [-0.2, -0.15) is 0 Å². The molecule has 8 aliphatic heterocycles. The Morgan fingerprint density at radius 2 is 1.65 bits per heavy atom. The molecule has 49 heavy (non-hydrogen) atoms. The summed E-state index contributed by atoms with van der Waals surface area (Å²) in [4.78, 5) is 5.15. The molecule has 12 rings (SSSR count). The molecule has 10 heterocycles. The summed E-state index contributed by atoms with van der Waals surface area (Å²) in [5, 5.41) is 23.9. The number of nitrogens with zero attached hydrogens (tertiary/aromatic N) is 4. The fourth-order valence-corrected chi connectivity index (χ4v) is 12.7. The molecule has 0 unspecified atom stereocenters. The number of benzene rings is 2. The minimum atomic E-state index is -0.642. The normalized spacial score (nSPS) is 37.6. The molecule has 0 radical (unpaired) electrons. The molecule has 0 saturated carbocycles. The first-order valence-corrected chi connectivity index (χ1v) is 18.7. The SMILES string of the molecule is C[C@H](O)C1=CN2[C@H]3C[C@H]1[C@@H](CO)[C@@H]2Cc1c3n(C)c2cc3c(cc12)C[C@H]1[C@@H]2C[C@H]4c5c(c6ccccc6n5C)C[C@@H]([C@@H]2CO[C@@]1(C)O3)N4C. The van der Waals surface area contributed by atoms with Gasteiger partial charge in [0.2, 0.25) is 5.79 Å². The number of para-hydroxylation sites is 1. The minimum absolute atomic E-state index is 0.151. The van der Waals surface area contributed by atoms with Gasteiger partial charge in [-0.05, 0) is 92.3 Å². The Bertz CT molecular complexity index is 2110. The second kappa shape index (κ2) is 9.72. The van der Waals surface area contributed by atoms with Crippen molar-refractivity contribution in [3.05, 3.63) is 76.2 Å². The van der Waals surface area contributed by atoms with Crippen LogP contribution in [-0.4, -0.2) is 73.4 Å². The molecule has 8 aliphatic rings. The molecule has 3 saturated heterocycles. The lowest BCUT2D eigenvalue weighted by atomic mass is 9.62. The van der Waals surface area contributed by atoms with E-state index < -0.39 is 11.9 Å². The molecule has 2 N–H and O–H groups in total. The van der Waals surface area contributed by atoms with Crippen LogP contribution in [0.4, 0.5) is 0 Å². The lowest BCUT2D eigenvalue weighted by Crippen LogP contribution is -2.64. The number of hydrogen-bond acceptors (Lipinski definition) is 6. The molecule has 11 atom stereocenters. The van der Waals surface area contributed by atoms with Gasteiger partial charge in [-0.1, -0.05) is 18.2 Å². The van der Waals surface area contributed by atoms with Crippen LogP contribution in [0.5, 0.6) is 5.75 Å². The van der Waals surface area contributed by atoms with E-state index in [-0.39, 0.29) is 36.4 Å². The van der Waals surface area contributed by atoms with E-state index >= 15 is 0 Å². The van der Waals surface area contributed by atoms with Crippen molar-refractivity contribution in [2.45, 2.75) is 82.0 Å².